The molecule has 2 aromatic heterocycles. The van der Waals surface area contributed by atoms with Crippen LogP contribution in [-0.4, -0.2) is 75.0 Å². The van der Waals surface area contributed by atoms with E-state index in [2.05, 4.69) is 29.8 Å². The SMILES string of the molecule is Cc1ncc2c(-c3ccc(F)cc3C(=O)N3[C@H](C)CC[C@@H]3C)cc(N3CCN(C(=O)OC(C)(C)C)CC3)cn12. The molecule has 2 aliphatic heterocycles. The highest BCUT2D eigenvalue weighted by Crippen LogP contribution is 2.35. The fraction of sp³-hybridized carbons (Fsp3) is 0.500. The number of carbonyl (C=O) groups is 2. The number of aromatic nitrogens is 2. The van der Waals surface area contributed by atoms with Crippen LogP contribution in [0, 0.1) is 12.7 Å². The Morgan fingerprint density at radius 1 is 1.00 bits per heavy atom. The molecule has 9 heteroatoms. The average Bonchev–Trinajstić information content (AvgIpc) is 3.43. The van der Waals surface area contributed by atoms with Crippen molar-refractivity contribution in [1.82, 2.24) is 19.2 Å². The molecule has 2 aliphatic rings. The van der Waals surface area contributed by atoms with Gasteiger partial charge >= 0.3 is 6.09 Å². The van der Waals surface area contributed by atoms with Crippen molar-refractivity contribution in [3.05, 3.63) is 53.9 Å². The van der Waals surface area contributed by atoms with Gasteiger partial charge in [-0.1, -0.05) is 6.07 Å². The first kappa shape index (κ1) is 27.0. The summed E-state index contributed by atoms with van der Waals surface area (Å²) in [5.74, 6) is 0.238. The highest BCUT2D eigenvalue weighted by molar-refractivity contribution is 6.03. The Hall–Kier alpha value is -3.62. The lowest BCUT2D eigenvalue weighted by molar-refractivity contribution is 0.0240. The summed E-state index contributed by atoms with van der Waals surface area (Å²) in [6.45, 7) is 14.0. The lowest BCUT2D eigenvalue weighted by atomic mass is 9.97. The van der Waals surface area contributed by atoms with Gasteiger partial charge in [0.25, 0.3) is 5.91 Å². The summed E-state index contributed by atoms with van der Waals surface area (Å²) < 4.78 is 22.1. The van der Waals surface area contributed by atoms with Gasteiger partial charge in [-0.2, -0.15) is 0 Å². The zero-order valence-electron chi connectivity index (χ0n) is 23.7. The fourth-order valence-corrected chi connectivity index (χ4v) is 5.73. The van der Waals surface area contributed by atoms with E-state index in [-0.39, 0.29) is 24.1 Å². The molecule has 4 heterocycles. The van der Waals surface area contributed by atoms with Crippen LogP contribution in [0.1, 0.15) is 63.6 Å². The minimum absolute atomic E-state index is 0.105. The van der Waals surface area contributed by atoms with Crippen molar-refractivity contribution < 1.29 is 18.7 Å². The molecule has 2 amide bonds. The summed E-state index contributed by atoms with van der Waals surface area (Å²) in [6.07, 6.45) is 5.42. The molecule has 0 aliphatic carbocycles. The third kappa shape index (κ3) is 5.31. The Bertz CT molecular complexity index is 1390. The fourth-order valence-electron chi connectivity index (χ4n) is 5.73. The van der Waals surface area contributed by atoms with Gasteiger partial charge in [-0.05, 0) is 78.1 Å². The molecule has 8 nitrogen and oxygen atoms in total. The second-order valence-corrected chi connectivity index (χ2v) is 11.8. The van der Waals surface area contributed by atoms with Gasteiger partial charge in [0.05, 0.1) is 23.0 Å². The number of amides is 2. The number of imidazole rings is 1. The number of fused-ring (bicyclic) bond motifs is 1. The predicted octanol–water partition coefficient (Wildman–Crippen LogP) is 5.52. The van der Waals surface area contributed by atoms with Crippen molar-refractivity contribution in [3.8, 4) is 11.1 Å². The van der Waals surface area contributed by atoms with E-state index < -0.39 is 11.4 Å². The molecular weight excluding hydrogens is 497 g/mol. The van der Waals surface area contributed by atoms with Gasteiger partial charge < -0.3 is 23.8 Å². The Balaban J connectivity index is 1.51. The number of aryl methyl sites for hydroxylation is 1. The molecule has 39 heavy (non-hydrogen) atoms. The van der Waals surface area contributed by atoms with E-state index in [4.69, 9.17) is 4.74 Å². The molecule has 2 fully saturated rings. The zero-order chi connectivity index (χ0) is 28.1. The predicted molar refractivity (Wildman–Crippen MR) is 150 cm³/mol. The molecule has 208 valence electrons. The third-order valence-corrected chi connectivity index (χ3v) is 7.80. The van der Waals surface area contributed by atoms with Crippen LogP contribution in [0.5, 0.6) is 0 Å². The molecule has 0 radical (unpaired) electrons. The van der Waals surface area contributed by atoms with Crippen molar-refractivity contribution in [2.24, 2.45) is 0 Å². The standard InChI is InChI=1S/C30H38FN5O3/c1-19-7-8-20(2)36(19)28(37)26-15-22(31)9-10-24(26)25-16-23(18-35-21(3)32-17-27(25)35)33-11-13-34(14-12-33)29(38)39-30(4,5)6/h9-10,15-20H,7-8,11-14H2,1-6H3/t19-,20+. The maximum Gasteiger partial charge on any atom is 0.410 e. The van der Waals surface area contributed by atoms with Gasteiger partial charge in [0.1, 0.15) is 17.2 Å². The number of halogens is 1. The molecule has 0 unspecified atom stereocenters. The molecular formula is C30H38FN5O3. The van der Waals surface area contributed by atoms with E-state index in [0.717, 1.165) is 35.4 Å². The molecule has 3 aromatic rings. The highest BCUT2D eigenvalue weighted by atomic mass is 19.1. The lowest BCUT2D eigenvalue weighted by Gasteiger charge is -2.37. The third-order valence-electron chi connectivity index (χ3n) is 7.80. The number of hydrogen-bond acceptors (Lipinski definition) is 5. The minimum atomic E-state index is -0.540. The molecule has 2 atom stereocenters. The van der Waals surface area contributed by atoms with Crippen LogP contribution in [0.15, 0.2) is 36.7 Å². The number of anilines is 1. The maximum atomic E-state index is 14.6. The number of piperazine rings is 1. The van der Waals surface area contributed by atoms with Crippen LogP contribution < -0.4 is 4.90 Å². The second-order valence-electron chi connectivity index (χ2n) is 11.8. The first-order chi connectivity index (χ1) is 18.4. The number of nitrogens with zero attached hydrogens (tertiary/aromatic N) is 5. The molecule has 0 saturated carbocycles. The van der Waals surface area contributed by atoms with Crippen molar-refractivity contribution in [1.29, 1.82) is 0 Å². The molecule has 0 spiro atoms. The van der Waals surface area contributed by atoms with Crippen LogP contribution in [0.2, 0.25) is 0 Å². The Morgan fingerprint density at radius 3 is 2.31 bits per heavy atom. The highest BCUT2D eigenvalue weighted by Gasteiger charge is 2.34. The monoisotopic (exact) mass is 535 g/mol. The number of benzene rings is 1. The second kappa shape index (κ2) is 10.2. The number of pyridine rings is 1. The zero-order valence-corrected chi connectivity index (χ0v) is 23.7. The summed E-state index contributed by atoms with van der Waals surface area (Å²) in [5.41, 5.74) is 3.14. The molecule has 5 rings (SSSR count). The average molecular weight is 536 g/mol. The first-order valence-corrected chi connectivity index (χ1v) is 13.8. The van der Waals surface area contributed by atoms with Crippen LogP contribution in [-0.2, 0) is 4.74 Å². The van der Waals surface area contributed by atoms with Crippen molar-refractivity contribution in [3.63, 3.8) is 0 Å². The van der Waals surface area contributed by atoms with Crippen molar-refractivity contribution in [2.75, 3.05) is 31.1 Å². The first-order valence-electron chi connectivity index (χ1n) is 13.8. The number of hydrogen-bond donors (Lipinski definition) is 0. The van der Waals surface area contributed by atoms with Crippen molar-refractivity contribution >= 4 is 23.2 Å². The van der Waals surface area contributed by atoms with E-state index in [9.17, 15) is 14.0 Å². The summed E-state index contributed by atoms with van der Waals surface area (Å²) in [4.78, 5) is 36.8. The van der Waals surface area contributed by atoms with Gasteiger partial charge in [0.15, 0.2) is 0 Å². The van der Waals surface area contributed by atoms with Crippen LogP contribution in [0.3, 0.4) is 0 Å². The Kier molecular flexibility index (Phi) is 7.03. The smallest absolute Gasteiger partial charge is 0.410 e. The van der Waals surface area contributed by atoms with Gasteiger partial charge in [-0.25, -0.2) is 14.2 Å². The van der Waals surface area contributed by atoms with Gasteiger partial charge in [-0.15, -0.1) is 0 Å². The topological polar surface area (TPSA) is 70.4 Å². The van der Waals surface area contributed by atoms with E-state index in [1.807, 2.05) is 43.2 Å². The lowest BCUT2D eigenvalue weighted by Crippen LogP contribution is -2.50. The normalized spacial score (nSPS) is 20.1. The van der Waals surface area contributed by atoms with E-state index in [1.54, 1.807) is 17.2 Å². The largest absolute Gasteiger partial charge is 0.444 e. The molecule has 0 bridgehead atoms. The summed E-state index contributed by atoms with van der Waals surface area (Å²) in [7, 11) is 0. The number of ether oxygens (including phenoxy) is 1. The van der Waals surface area contributed by atoms with Crippen molar-refractivity contribution in [2.45, 2.75) is 72.1 Å². The number of rotatable bonds is 3. The van der Waals surface area contributed by atoms with Crippen LogP contribution in [0.4, 0.5) is 14.9 Å². The number of likely N-dealkylation sites (tertiary alicyclic amines) is 1. The molecule has 1 aromatic carbocycles. The quantitative estimate of drug-likeness (QED) is 0.442. The maximum absolute atomic E-state index is 14.6. The number of carbonyl (C=O) groups excluding carboxylic acids is 2. The van der Waals surface area contributed by atoms with E-state index >= 15 is 0 Å². The Labute approximate surface area is 229 Å². The van der Waals surface area contributed by atoms with Gasteiger partial charge in [0.2, 0.25) is 0 Å². The van der Waals surface area contributed by atoms with E-state index in [0.29, 0.717) is 37.3 Å². The van der Waals surface area contributed by atoms with Gasteiger partial charge in [0, 0.05) is 50.0 Å². The Morgan fingerprint density at radius 2 is 1.67 bits per heavy atom. The van der Waals surface area contributed by atoms with Crippen LogP contribution >= 0.6 is 0 Å². The summed E-state index contributed by atoms with van der Waals surface area (Å²) in [5, 5.41) is 0. The summed E-state index contributed by atoms with van der Waals surface area (Å²) in [6, 6.07) is 6.74. The van der Waals surface area contributed by atoms with Crippen LogP contribution in [0.25, 0.3) is 16.6 Å². The van der Waals surface area contributed by atoms with Gasteiger partial charge in [-0.3, -0.25) is 4.79 Å². The molecule has 2 saturated heterocycles. The minimum Gasteiger partial charge on any atom is -0.444 e. The van der Waals surface area contributed by atoms with E-state index in [1.165, 1.54) is 12.1 Å². The summed E-state index contributed by atoms with van der Waals surface area (Å²) >= 11 is 0. The molecule has 0 N–H and O–H groups in total.